The Morgan fingerprint density at radius 1 is 0.846 bits per heavy atom. The summed E-state index contributed by atoms with van der Waals surface area (Å²) in [5.41, 5.74) is 1.13. The molecule has 0 bridgehead atoms. The fraction of sp³-hybridized carbons (Fsp3) is 0.688. The van der Waals surface area contributed by atoms with E-state index < -0.39 is 17.6 Å². The second-order valence-electron chi connectivity index (χ2n) is 5.57. The van der Waals surface area contributed by atoms with Crippen LogP contribution in [-0.2, 0) is 39.5 Å². The molecule has 10 heteroatoms. The lowest BCUT2D eigenvalue weighted by Gasteiger charge is -2.39. The fourth-order valence-corrected chi connectivity index (χ4v) is 10.7. The first-order valence-electron chi connectivity index (χ1n) is 8.31. The van der Waals surface area contributed by atoms with Gasteiger partial charge in [-0.15, -0.1) is 0 Å². The van der Waals surface area contributed by atoms with Gasteiger partial charge < -0.3 is 39.0 Å². The van der Waals surface area contributed by atoms with Crippen LogP contribution in [-0.4, -0.2) is 60.3 Å². The van der Waals surface area contributed by atoms with Gasteiger partial charge in [0.1, 0.15) is 11.7 Å². The van der Waals surface area contributed by atoms with Gasteiger partial charge in [0, 0.05) is 67.6 Å². The van der Waals surface area contributed by atoms with Crippen LogP contribution in [0.3, 0.4) is 0 Å². The van der Waals surface area contributed by atoms with Gasteiger partial charge in [-0.05, 0) is 0 Å². The largest absolute Gasteiger partial charge is 1.00 e. The van der Waals surface area contributed by atoms with E-state index in [1.807, 2.05) is 12.1 Å². The Balaban J connectivity index is 0.00000625. The third kappa shape index (κ3) is 5.34. The summed E-state index contributed by atoms with van der Waals surface area (Å²) >= 11 is 0. The van der Waals surface area contributed by atoms with Gasteiger partial charge in [-0.2, -0.15) is 0 Å². The molecule has 1 heterocycles. The minimum Gasteiger partial charge on any atom is -1.00 e. The minimum atomic E-state index is -3.10. The molecule has 0 aromatic carbocycles. The van der Waals surface area contributed by atoms with Crippen LogP contribution in [0.2, 0.25) is 5.16 Å². The minimum absolute atomic E-state index is 0. The van der Waals surface area contributed by atoms with E-state index in [0.29, 0.717) is 6.42 Å². The van der Waals surface area contributed by atoms with Crippen LogP contribution in [0.15, 0.2) is 24.4 Å². The van der Waals surface area contributed by atoms with Crippen LogP contribution in [0.5, 0.6) is 0 Å². The molecule has 0 aliphatic heterocycles. The van der Waals surface area contributed by atoms with Gasteiger partial charge in [0.2, 0.25) is 0 Å². The highest BCUT2D eigenvalue weighted by Crippen LogP contribution is 2.37. The van der Waals surface area contributed by atoms with Gasteiger partial charge in [-0.1, -0.05) is 13.0 Å². The van der Waals surface area contributed by atoms with E-state index >= 15 is 0 Å². The number of nitrogens with zero attached hydrogens (tertiary/aromatic N) is 1. The van der Waals surface area contributed by atoms with Gasteiger partial charge in [0.25, 0.3) is 0 Å². The van der Waals surface area contributed by atoms with Crippen LogP contribution < -0.4 is 17.0 Å². The molecule has 0 saturated carbocycles. The smallest absolute Gasteiger partial charge is 0.508 e. The molecule has 1 aromatic rings. The van der Waals surface area contributed by atoms with Crippen molar-refractivity contribution < 1.29 is 43.5 Å². The molecule has 0 atom stereocenters. The zero-order chi connectivity index (χ0) is 18.9. The van der Waals surface area contributed by atoms with Crippen molar-refractivity contribution in [2.45, 2.75) is 31.5 Å². The fourth-order valence-electron chi connectivity index (χ4n) is 3.19. The van der Waals surface area contributed by atoms with Gasteiger partial charge in [-0.25, -0.2) is 4.57 Å². The highest BCUT2D eigenvalue weighted by Gasteiger charge is 2.64. The second kappa shape index (κ2) is 12.2. The van der Waals surface area contributed by atoms with Gasteiger partial charge in [0.15, 0.2) is 11.9 Å². The van der Waals surface area contributed by atoms with Crippen LogP contribution in [0, 0.1) is 0 Å². The zero-order valence-electron chi connectivity index (χ0n) is 16.8. The molecule has 0 aliphatic rings. The zero-order valence-corrected chi connectivity index (χ0v) is 19.5. The lowest BCUT2D eigenvalue weighted by Crippen LogP contribution is -3.00. The number of pyridine rings is 1. The van der Waals surface area contributed by atoms with E-state index in [9.17, 15) is 0 Å². The molecule has 152 valence electrons. The van der Waals surface area contributed by atoms with Crippen LogP contribution in [0.25, 0.3) is 0 Å². The number of aromatic nitrogens is 1. The molecule has 0 aliphatic carbocycles. The molecule has 0 unspecified atom stereocenters. The number of rotatable bonds is 12. The van der Waals surface area contributed by atoms with Crippen molar-refractivity contribution in [3.05, 3.63) is 30.1 Å². The maximum Gasteiger partial charge on any atom is 0.508 e. The standard InChI is InChI=1S/C16H32NO6Si2.ClH/c1-8-12-17-13-10-9-11-15(17)14-16(24(18-2,19-3)20-4)25(21-5,22-6)23-7;/h9-11,13,16H,8,12,14H2,1-7H3;1H/q+1;/p-1. The Morgan fingerprint density at radius 2 is 1.31 bits per heavy atom. The summed E-state index contributed by atoms with van der Waals surface area (Å²) in [6.45, 7) is 3.07. The van der Waals surface area contributed by atoms with Crippen molar-refractivity contribution in [1.82, 2.24) is 0 Å². The van der Waals surface area contributed by atoms with Crippen LogP contribution in [0.4, 0.5) is 0 Å². The Labute approximate surface area is 165 Å². The SMILES string of the molecule is CCC[n+]1ccccc1CC([Si](OC)(OC)OC)[Si](OC)(OC)OC.[Cl-]. The maximum atomic E-state index is 5.76. The first kappa shape index (κ1) is 25.6. The van der Waals surface area contributed by atoms with E-state index in [2.05, 4.69) is 23.8 Å². The Morgan fingerprint density at radius 3 is 1.69 bits per heavy atom. The molecule has 7 nitrogen and oxygen atoms in total. The molecule has 0 fully saturated rings. The summed E-state index contributed by atoms with van der Waals surface area (Å²) in [7, 11) is 3.37. The van der Waals surface area contributed by atoms with Crippen LogP contribution in [0.1, 0.15) is 19.0 Å². The average molecular weight is 426 g/mol. The molecule has 0 spiro atoms. The highest BCUT2D eigenvalue weighted by atomic mass is 35.5. The summed E-state index contributed by atoms with van der Waals surface area (Å²) in [5, 5.41) is -0.300. The van der Waals surface area contributed by atoms with E-state index in [0.717, 1.165) is 18.7 Å². The van der Waals surface area contributed by atoms with Gasteiger partial charge in [-0.3, -0.25) is 0 Å². The molecule has 0 N–H and O–H groups in total. The Hall–Kier alpha value is -0.366. The molecule has 26 heavy (non-hydrogen) atoms. The number of aryl methyl sites for hydroxylation is 1. The lowest BCUT2D eigenvalue weighted by atomic mass is 10.2. The van der Waals surface area contributed by atoms with Crippen molar-refractivity contribution in [3.63, 3.8) is 0 Å². The van der Waals surface area contributed by atoms with E-state index in [1.165, 1.54) is 0 Å². The number of hydrogen-bond donors (Lipinski definition) is 0. The first-order chi connectivity index (χ1) is 12.0. The molecule has 1 aromatic heterocycles. The maximum absolute atomic E-state index is 5.76. The summed E-state index contributed by atoms with van der Waals surface area (Å²) in [5.74, 6) is 0. The van der Waals surface area contributed by atoms with Crippen LogP contribution >= 0.6 is 0 Å². The third-order valence-corrected chi connectivity index (χ3v) is 12.1. The topological polar surface area (TPSA) is 59.3 Å². The number of halogens is 1. The number of hydrogen-bond acceptors (Lipinski definition) is 6. The van der Waals surface area contributed by atoms with Crippen molar-refractivity contribution in [2.75, 3.05) is 42.7 Å². The summed E-state index contributed by atoms with van der Waals surface area (Å²) in [4.78, 5) is 0. The average Bonchev–Trinajstić information content (AvgIpc) is 2.67. The predicted octanol–water partition coefficient (Wildman–Crippen LogP) is -1.40. The Kier molecular flexibility index (Phi) is 12.0. The monoisotopic (exact) mass is 425 g/mol. The second-order valence-corrected chi connectivity index (χ2v) is 12.4. The van der Waals surface area contributed by atoms with Gasteiger partial charge in [0.05, 0.1) is 0 Å². The van der Waals surface area contributed by atoms with Gasteiger partial charge >= 0.3 is 17.6 Å². The van der Waals surface area contributed by atoms with Crippen molar-refractivity contribution in [2.24, 2.45) is 0 Å². The summed E-state index contributed by atoms with van der Waals surface area (Å²) in [6.07, 6.45) is 3.71. The molecule has 1 rings (SSSR count). The predicted molar refractivity (Wildman–Crippen MR) is 97.9 cm³/mol. The first-order valence-corrected chi connectivity index (χ1v) is 11.9. The Bertz CT molecular complexity index is 481. The van der Waals surface area contributed by atoms with E-state index in [-0.39, 0.29) is 17.6 Å². The quantitative estimate of drug-likeness (QED) is 0.303. The lowest BCUT2D eigenvalue weighted by molar-refractivity contribution is -0.704. The van der Waals surface area contributed by atoms with Crippen molar-refractivity contribution in [3.8, 4) is 0 Å². The third-order valence-electron chi connectivity index (χ3n) is 4.47. The molecule has 0 saturated heterocycles. The molecular weight excluding hydrogens is 394 g/mol. The molecular formula is C16H32ClNO6Si2. The van der Waals surface area contributed by atoms with E-state index in [1.54, 1.807) is 42.7 Å². The summed E-state index contributed by atoms with van der Waals surface area (Å²) < 4.78 is 36.8. The van der Waals surface area contributed by atoms with Crippen molar-refractivity contribution in [1.29, 1.82) is 0 Å². The molecule has 0 amide bonds. The summed E-state index contributed by atoms with van der Waals surface area (Å²) in [6, 6.07) is 6.13. The van der Waals surface area contributed by atoms with E-state index in [4.69, 9.17) is 26.6 Å². The normalized spacial score (nSPS) is 12.3. The highest BCUT2D eigenvalue weighted by molar-refractivity contribution is 6.82. The molecule has 0 radical (unpaired) electrons. The van der Waals surface area contributed by atoms with Crippen molar-refractivity contribution >= 4 is 17.6 Å².